The number of aryl methyl sites for hydroxylation is 1. The van der Waals surface area contributed by atoms with Crippen LogP contribution in [0.3, 0.4) is 0 Å². The summed E-state index contributed by atoms with van der Waals surface area (Å²) in [6, 6.07) is 6.06. The Morgan fingerprint density at radius 3 is 2.68 bits per heavy atom. The number of benzene rings is 1. The van der Waals surface area contributed by atoms with Crippen LogP contribution in [0, 0.1) is 24.5 Å². The SMILES string of the molecule is Cc1nc(S(C)(=O)=O)ccc1NC(=O)c1nn(-c2ccc(F)cc2F)c2c1C[C@H]1C[C@@H]21. The summed E-state index contributed by atoms with van der Waals surface area (Å²) in [7, 11) is -3.47. The van der Waals surface area contributed by atoms with E-state index in [1.54, 1.807) is 6.92 Å². The van der Waals surface area contributed by atoms with Crippen LogP contribution in [0.4, 0.5) is 14.5 Å². The maximum Gasteiger partial charge on any atom is 0.276 e. The molecule has 2 aromatic heterocycles. The second-order valence-electron chi connectivity index (χ2n) is 8.04. The number of fused-ring (bicyclic) bond motifs is 3. The van der Waals surface area contributed by atoms with Gasteiger partial charge in [0, 0.05) is 23.8 Å². The summed E-state index contributed by atoms with van der Waals surface area (Å²) in [6.07, 6.45) is 2.69. The largest absolute Gasteiger partial charge is 0.319 e. The number of carbonyl (C=O) groups excluding carboxylic acids is 1. The van der Waals surface area contributed by atoms with E-state index in [2.05, 4.69) is 15.4 Å². The Hall–Kier alpha value is -3.14. The molecule has 0 aliphatic heterocycles. The quantitative estimate of drug-likeness (QED) is 0.667. The van der Waals surface area contributed by atoms with Crippen LogP contribution in [0.5, 0.6) is 0 Å². The molecule has 1 fully saturated rings. The molecule has 1 saturated carbocycles. The van der Waals surface area contributed by atoms with Gasteiger partial charge in [-0.3, -0.25) is 4.79 Å². The molecule has 0 unspecified atom stereocenters. The van der Waals surface area contributed by atoms with E-state index >= 15 is 0 Å². The number of nitrogens with zero attached hydrogens (tertiary/aromatic N) is 3. The van der Waals surface area contributed by atoms with Gasteiger partial charge in [-0.15, -0.1) is 0 Å². The maximum absolute atomic E-state index is 14.4. The fourth-order valence-electron chi connectivity index (χ4n) is 4.19. The number of sulfone groups is 1. The van der Waals surface area contributed by atoms with Crippen LogP contribution >= 0.6 is 0 Å². The third-order valence-electron chi connectivity index (χ3n) is 5.80. The lowest BCUT2D eigenvalue weighted by atomic mass is 10.1. The Morgan fingerprint density at radius 2 is 2.00 bits per heavy atom. The number of anilines is 1. The zero-order chi connectivity index (χ0) is 22.1. The van der Waals surface area contributed by atoms with Crippen molar-refractivity contribution in [2.75, 3.05) is 11.6 Å². The molecule has 0 saturated heterocycles. The zero-order valence-electron chi connectivity index (χ0n) is 16.7. The number of carbonyl (C=O) groups is 1. The molecule has 160 valence electrons. The molecule has 5 rings (SSSR count). The Bertz CT molecular complexity index is 1370. The van der Waals surface area contributed by atoms with E-state index in [0.29, 0.717) is 23.7 Å². The molecule has 0 spiro atoms. The highest BCUT2D eigenvalue weighted by Crippen LogP contribution is 2.57. The molecule has 2 atom stereocenters. The van der Waals surface area contributed by atoms with Crippen molar-refractivity contribution in [3.8, 4) is 5.69 Å². The second kappa shape index (κ2) is 6.68. The van der Waals surface area contributed by atoms with Crippen molar-refractivity contribution in [3.63, 3.8) is 0 Å². The highest BCUT2D eigenvalue weighted by Gasteiger charge is 2.50. The monoisotopic (exact) mass is 444 g/mol. The smallest absolute Gasteiger partial charge is 0.276 e. The van der Waals surface area contributed by atoms with Gasteiger partial charge in [0.25, 0.3) is 5.91 Å². The summed E-state index contributed by atoms with van der Waals surface area (Å²) in [5.41, 5.74) is 2.54. The van der Waals surface area contributed by atoms with Crippen LogP contribution in [-0.4, -0.2) is 35.3 Å². The van der Waals surface area contributed by atoms with Crippen LogP contribution in [0.1, 0.15) is 39.8 Å². The Labute approximate surface area is 177 Å². The Morgan fingerprint density at radius 1 is 1.23 bits per heavy atom. The lowest BCUT2D eigenvalue weighted by Gasteiger charge is -2.09. The van der Waals surface area contributed by atoms with Crippen LogP contribution in [0.25, 0.3) is 5.69 Å². The van der Waals surface area contributed by atoms with Gasteiger partial charge in [-0.2, -0.15) is 5.10 Å². The predicted octanol–water partition coefficient (Wildman–Crippen LogP) is 3.17. The van der Waals surface area contributed by atoms with E-state index in [9.17, 15) is 22.0 Å². The first kappa shape index (κ1) is 19.8. The van der Waals surface area contributed by atoms with Crippen molar-refractivity contribution < 1.29 is 22.0 Å². The van der Waals surface area contributed by atoms with Gasteiger partial charge in [-0.05, 0) is 49.9 Å². The number of aromatic nitrogens is 3. The number of halogens is 2. The minimum atomic E-state index is -3.47. The molecule has 1 amide bonds. The fourth-order valence-corrected chi connectivity index (χ4v) is 4.81. The Balaban J connectivity index is 1.52. The minimum absolute atomic E-state index is 0.0833. The number of nitrogens with one attached hydrogen (secondary N) is 1. The predicted molar refractivity (Wildman–Crippen MR) is 108 cm³/mol. The highest BCUT2D eigenvalue weighted by atomic mass is 32.2. The molecule has 2 aliphatic rings. The number of amides is 1. The summed E-state index contributed by atoms with van der Waals surface area (Å²) in [4.78, 5) is 17.1. The van der Waals surface area contributed by atoms with Gasteiger partial charge >= 0.3 is 0 Å². The summed E-state index contributed by atoms with van der Waals surface area (Å²) in [6.45, 7) is 1.59. The third-order valence-corrected chi connectivity index (χ3v) is 6.79. The fraction of sp³-hybridized carbons (Fsp3) is 0.286. The molecule has 10 heteroatoms. The van der Waals surface area contributed by atoms with Crippen molar-refractivity contribution in [2.24, 2.45) is 5.92 Å². The van der Waals surface area contributed by atoms with Gasteiger partial charge in [0.05, 0.1) is 17.1 Å². The summed E-state index contributed by atoms with van der Waals surface area (Å²) in [5, 5.41) is 7.02. The van der Waals surface area contributed by atoms with E-state index in [1.807, 2.05) is 0 Å². The van der Waals surface area contributed by atoms with Gasteiger partial charge in [0.1, 0.15) is 11.5 Å². The minimum Gasteiger partial charge on any atom is -0.319 e. The highest BCUT2D eigenvalue weighted by molar-refractivity contribution is 7.90. The summed E-state index contributed by atoms with van der Waals surface area (Å²) in [5.74, 6) is -1.31. The van der Waals surface area contributed by atoms with Crippen molar-refractivity contribution in [1.82, 2.24) is 14.8 Å². The first-order chi connectivity index (χ1) is 14.6. The van der Waals surface area contributed by atoms with Gasteiger partial charge < -0.3 is 5.32 Å². The number of pyridine rings is 1. The molecule has 2 aliphatic carbocycles. The first-order valence-electron chi connectivity index (χ1n) is 9.69. The molecule has 7 nitrogen and oxygen atoms in total. The Kier molecular flexibility index (Phi) is 4.27. The van der Waals surface area contributed by atoms with Crippen molar-refractivity contribution in [1.29, 1.82) is 0 Å². The lowest BCUT2D eigenvalue weighted by molar-refractivity contribution is 0.102. The van der Waals surface area contributed by atoms with E-state index in [1.165, 1.54) is 22.9 Å². The molecule has 2 heterocycles. The molecular weight excluding hydrogens is 426 g/mol. The van der Waals surface area contributed by atoms with Crippen LogP contribution < -0.4 is 5.32 Å². The van der Waals surface area contributed by atoms with Gasteiger partial charge in [-0.25, -0.2) is 26.9 Å². The van der Waals surface area contributed by atoms with E-state index in [0.717, 1.165) is 36.1 Å². The number of hydrogen-bond acceptors (Lipinski definition) is 5. The molecule has 1 N–H and O–H groups in total. The molecule has 31 heavy (non-hydrogen) atoms. The third kappa shape index (κ3) is 3.31. The average Bonchev–Trinajstić information content (AvgIpc) is 3.19. The number of rotatable bonds is 4. The summed E-state index contributed by atoms with van der Waals surface area (Å²) < 4.78 is 52.5. The first-order valence-corrected chi connectivity index (χ1v) is 11.6. The van der Waals surface area contributed by atoms with Crippen molar-refractivity contribution in [2.45, 2.75) is 30.7 Å². The van der Waals surface area contributed by atoms with Gasteiger partial charge in [0.15, 0.2) is 26.4 Å². The molecular formula is C21H18F2N4O3S. The topological polar surface area (TPSA) is 93.9 Å². The van der Waals surface area contributed by atoms with Crippen LogP contribution in [0.15, 0.2) is 35.4 Å². The maximum atomic E-state index is 14.4. The summed E-state index contributed by atoms with van der Waals surface area (Å²) >= 11 is 0. The standard InChI is InChI=1S/C21H18F2N4O3S/c1-10-16(4-6-18(24-10)31(2,29)30)25-21(28)19-14-8-11-7-13(11)20(14)27(26-19)17-5-3-12(22)9-15(17)23/h3-6,9,11,13H,7-8H2,1-2H3,(H,25,28)/t11-,13-/m1/s1. The molecule has 0 bridgehead atoms. The molecule has 1 aromatic carbocycles. The molecule has 0 radical (unpaired) electrons. The normalized spacial score (nSPS) is 19.1. The molecule has 3 aromatic rings. The van der Waals surface area contributed by atoms with Gasteiger partial charge in [-0.1, -0.05) is 0 Å². The zero-order valence-corrected chi connectivity index (χ0v) is 17.5. The van der Waals surface area contributed by atoms with Crippen LogP contribution in [0.2, 0.25) is 0 Å². The second-order valence-corrected chi connectivity index (χ2v) is 10.00. The van der Waals surface area contributed by atoms with E-state index in [4.69, 9.17) is 0 Å². The van der Waals surface area contributed by atoms with Gasteiger partial charge in [0.2, 0.25) is 0 Å². The van der Waals surface area contributed by atoms with Crippen molar-refractivity contribution >= 4 is 21.4 Å². The average molecular weight is 444 g/mol. The van der Waals surface area contributed by atoms with Crippen LogP contribution in [-0.2, 0) is 16.3 Å². The van der Waals surface area contributed by atoms with E-state index < -0.39 is 27.4 Å². The lowest BCUT2D eigenvalue weighted by Crippen LogP contribution is -2.16. The number of hydrogen-bond donors (Lipinski definition) is 1. The van der Waals surface area contributed by atoms with Crippen molar-refractivity contribution in [3.05, 3.63) is 64.6 Å². The van der Waals surface area contributed by atoms with E-state index in [-0.39, 0.29) is 22.3 Å².